The summed E-state index contributed by atoms with van der Waals surface area (Å²) in [6, 6.07) is 7.18. The number of unbranched alkanes of at least 4 members (excludes halogenated alkanes) is 1. The second-order valence-corrected chi connectivity index (χ2v) is 5.31. The summed E-state index contributed by atoms with van der Waals surface area (Å²) in [5.41, 5.74) is 0.722. The molecular weight excluding hydrogens is 268 g/mol. The molecule has 2 amide bonds. The van der Waals surface area contributed by atoms with Gasteiger partial charge < -0.3 is 15.0 Å². The molecule has 5 nitrogen and oxygen atoms in total. The van der Waals surface area contributed by atoms with Crippen molar-refractivity contribution in [2.45, 2.75) is 26.2 Å². The average molecular weight is 290 g/mol. The Labute approximate surface area is 125 Å². The van der Waals surface area contributed by atoms with Gasteiger partial charge in [0.15, 0.2) is 0 Å². The van der Waals surface area contributed by atoms with E-state index < -0.39 is 0 Å². The van der Waals surface area contributed by atoms with Crippen molar-refractivity contribution >= 4 is 17.5 Å². The number of nitrogens with one attached hydrogen (secondary N) is 1. The average Bonchev–Trinajstić information content (AvgIpc) is 2.87. The van der Waals surface area contributed by atoms with E-state index in [1.165, 1.54) is 0 Å². The van der Waals surface area contributed by atoms with Gasteiger partial charge in [0.2, 0.25) is 11.8 Å². The van der Waals surface area contributed by atoms with Crippen LogP contribution < -0.4 is 10.1 Å². The molecule has 1 aliphatic rings. The van der Waals surface area contributed by atoms with E-state index in [1.54, 1.807) is 36.3 Å². The maximum Gasteiger partial charge on any atom is 0.229 e. The highest BCUT2D eigenvalue weighted by atomic mass is 16.5. The minimum absolute atomic E-state index is 0.0818. The zero-order chi connectivity index (χ0) is 15.2. The summed E-state index contributed by atoms with van der Waals surface area (Å²) < 4.78 is 5.08. The third-order valence-corrected chi connectivity index (χ3v) is 3.72. The largest absolute Gasteiger partial charge is 0.497 e. The van der Waals surface area contributed by atoms with Crippen molar-refractivity contribution in [3.8, 4) is 5.75 Å². The normalized spacial score (nSPS) is 17.9. The zero-order valence-electron chi connectivity index (χ0n) is 12.6. The molecule has 1 fully saturated rings. The second-order valence-electron chi connectivity index (χ2n) is 5.31. The molecule has 0 spiro atoms. The van der Waals surface area contributed by atoms with Gasteiger partial charge in [0.25, 0.3) is 0 Å². The first kappa shape index (κ1) is 15.4. The smallest absolute Gasteiger partial charge is 0.229 e. The molecule has 21 heavy (non-hydrogen) atoms. The van der Waals surface area contributed by atoms with E-state index in [1.807, 2.05) is 0 Å². The Balaban J connectivity index is 1.90. The molecular formula is C16H22N2O3. The quantitative estimate of drug-likeness (QED) is 0.874. The Morgan fingerprint density at radius 2 is 2.10 bits per heavy atom. The van der Waals surface area contributed by atoms with E-state index in [2.05, 4.69) is 12.2 Å². The highest BCUT2D eigenvalue weighted by Crippen LogP contribution is 2.21. The maximum atomic E-state index is 12.2. The molecule has 1 aromatic carbocycles. The number of anilines is 1. The lowest BCUT2D eigenvalue weighted by Gasteiger charge is -2.16. The summed E-state index contributed by atoms with van der Waals surface area (Å²) in [5.74, 6) is 0.483. The van der Waals surface area contributed by atoms with Crippen LogP contribution in [-0.4, -0.2) is 36.9 Å². The van der Waals surface area contributed by atoms with Crippen molar-refractivity contribution in [1.82, 2.24) is 4.90 Å². The molecule has 1 saturated heterocycles. The molecule has 1 aliphatic heterocycles. The standard InChI is InChI=1S/C16H22N2O3/c1-3-4-9-18-11-12(10-15(18)19)16(20)17-13-5-7-14(21-2)8-6-13/h5-8,12H,3-4,9-11H2,1-2H3,(H,17,20)/t12-/m1/s1. The number of methoxy groups -OCH3 is 1. The third kappa shape index (κ3) is 3.97. The molecule has 1 heterocycles. The number of nitrogens with zero attached hydrogens (tertiary/aromatic N) is 1. The lowest BCUT2D eigenvalue weighted by atomic mass is 10.1. The van der Waals surface area contributed by atoms with Crippen LogP contribution in [0.25, 0.3) is 0 Å². The Bertz CT molecular complexity index is 499. The highest BCUT2D eigenvalue weighted by Gasteiger charge is 2.33. The van der Waals surface area contributed by atoms with Gasteiger partial charge >= 0.3 is 0 Å². The van der Waals surface area contributed by atoms with E-state index in [0.717, 1.165) is 30.8 Å². The van der Waals surface area contributed by atoms with Gasteiger partial charge in [-0.2, -0.15) is 0 Å². The van der Waals surface area contributed by atoms with Gasteiger partial charge in [-0.25, -0.2) is 0 Å². The number of hydrogen-bond donors (Lipinski definition) is 1. The SMILES string of the molecule is CCCCN1C[C@H](C(=O)Nc2ccc(OC)cc2)CC1=O. The van der Waals surface area contributed by atoms with E-state index in [-0.39, 0.29) is 17.7 Å². The van der Waals surface area contributed by atoms with E-state index in [4.69, 9.17) is 4.74 Å². The number of carbonyl (C=O) groups excluding carboxylic acids is 2. The first-order valence-electron chi connectivity index (χ1n) is 7.36. The molecule has 1 atom stereocenters. The van der Waals surface area contributed by atoms with Crippen LogP contribution >= 0.6 is 0 Å². The van der Waals surface area contributed by atoms with E-state index in [9.17, 15) is 9.59 Å². The number of carbonyl (C=O) groups is 2. The lowest BCUT2D eigenvalue weighted by molar-refractivity contribution is -0.128. The second kappa shape index (κ2) is 7.11. The summed E-state index contributed by atoms with van der Waals surface area (Å²) in [5, 5.41) is 2.86. The van der Waals surface area contributed by atoms with Crippen molar-refractivity contribution in [3.63, 3.8) is 0 Å². The zero-order valence-corrected chi connectivity index (χ0v) is 12.6. The summed E-state index contributed by atoms with van der Waals surface area (Å²) in [4.78, 5) is 25.9. The summed E-state index contributed by atoms with van der Waals surface area (Å²) in [7, 11) is 1.60. The van der Waals surface area contributed by atoms with Crippen LogP contribution in [0.5, 0.6) is 5.75 Å². The van der Waals surface area contributed by atoms with Crippen LogP contribution in [0.15, 0.2) is 24.3 Å². The molecule has 5 heteroatoms. The molecule has 1 N–H and O–H groups in total. The van der Waals surface area contributed by atoms with Crippen LogP contribution in [0.1, 0.15) is 26.2 Å². The number of benzene rings is 1. The molecule has 0 unspecified atom stereocenters. The van der Waals surface area contributed by atoms with Gasteiger partial charge in [-0.05, 0) is 30.7 Å². The van der Waals surface area contributed by atoms with Gasteiger partial charge in [0, 0.05) is 25.2 Å². The first-order valence-corrected chi connectivity index (χ1v) is 7.36. The predicted octanol–water partition coefficient (Wildman–Crippen LogP) is 2.28. The van der Waals surface area contributed by atoms with Gasteiger partial charge in [0.1, 0.15) is 5.75 Å². The van der Waals surface area contributed by atoms with Crippen molar-refractivity contribution in [3.05, 3.63) is 24.3 Å². The molecule has 2 rings (SSSR count). The highest BCUT2D eigenvalue weighted by molar-refractivity contribution is 5.97. The maximum absolute atomic E-state index is 12.2. The summed E-state index contributed by atoms with van der Waals surface area (Å²) >= 11 is 0. The van der Waals surface area contributed by atoms with Gasteiger partial charge in [-0.15, -0.1) is 0 Å². The van der Waals surface area contributed by atoms with Crippen molar-refractivity contribution in [1.29, 1.82) is 0 Å². The van der Waals surface area contributed by atoms with E-state index in [0.29, 0.717) is 13.0 Å². The molecule has 0 radical (unpaired) electrons. The summed E-state index contributed by atoms with van der Waals surface area (Å²) in [6.07, 6.45) is 2.34. The van der Waals surface area contributed by atoms with Crippen LogP contribution in [0.2, 0.25) is 0 Å². The number of amides is 2. The van der Waals surface area contributed by atoms with Gasteiger partial charge in [0.05, 0.1) is 13.0 Å². The Hall–Kier alpha value is -2.04. The molecule has 1 aromatic rings. The lowest BCUT2D eigenvalue weighted by Crippen LogP contribution is -2.29. The molecule has 114 valence electrons. The number of likely N-dealkylation sites (tertiary alicyclic amines) is 1. The molecule has 0 bridgehead atoms. The fourth-order valence-corrected chi connectivity index (χ4v) is 2.43. The molecule has 0 aliphatic carbocycles. The predicted molar refractivity (Wildman–Crippen MR) is 81.2 cm³/mol. The summed E-state index contributed by atoms with van der Waals surface area (Å²) in [6.45, 7) is 3.37. The van der Waals surface area contributed by atoms with Crippen molar-refractivity contribution in [2.75, 3.05) is 25.5 Å². The fraction of sp³-hybridized carbons (Fsp3) is 0.500. The Morgan fingerprint density at radius 3 is 2.71 bits per heavy atom. The number of rotatable bonds is 6. The van der Waals surface area contributed by atoms with Crippen LogP contribution in [0, 0.1) is 5.92 Å². The van der Waals surface area contributed by atoms with Crippen LogP contribution in [0.3, 0.4) is 0 Å². The van der Waals surface area contributed by atoms with E-state index >= 15 is 0 Å². The minimum Gasteiger partial charge on any atom is -0.497 e. The Kier molecular flexibility index (Phi) is 5.20. The molecule has 0 saturated carbocycles. The van der Waals surface area contributed by atoms with Crippen LogP contribution in [0.4, 0.5) is 5.69 Å². The monoisotopic (exact) mass is 290 g/mol. The number of hydrogen-bond acceptors (Lipinski definition) is 3. The fourth-order valence-electron chi connectivity index (χ4n) is 2.43. The molecule has 0 aromatic heterocycles. The third-order valence-electron chi connectivity index (χ3n) is 3.72. The Morgan fingerprint density at radius 1 is 1.38 bits per heavy atom. The van der Waals surface area contributed by atoms with Gasteiger partial charge in [-0.1, -0.05) is 13.3 Å². The van der Waals surface area contributed by atoms with Gasteiger partial charge in [-0.3, -0.25) is 9.59 Å². The topological polar surface area (TPSA) is 58.6 Å². The van der Waals surface area contributed by atoms with Crippen LogP contribution in [-0.2, 0) is 9.59 Å². The number of ether oxygens (including phenoxy) is 1. The first-order chi connectivity index (χ1) is 10.1. The van der Waals surface area contributed by atoms with Crippen molar-refractivity contribution in [2.24, 2.45) is 5.92 Å². The minimum atomic E-state index is -0.253. The van der Waals surface area contributed by atoms with Crippen molar-refractivity contribution < 1.29 is 14.3 Å².